The van der Waals surface area contributed by atoms with Gasteiger partial charge in [-0.05, 0) is 13.0 Å². The van der Waals surface area contributed by atoms with Crippen LogP contribution >= 0.6 is 0 Å². The maximum atomic E-state index is 9.32. The molecule has 0 radical (unpaired) electrons. The summed E-state index contributed by atoms with van der Waals surface area (Å²) in [5.41, 5.74) is 0.762. The van der Waals surface area contributed by atoms with E-state index in [2.05, 4.69) is 9.97 Å². The zero-order valence-corrected chi connectivity index (χ0v) is 6.68. The molecule has 0 bridgehead atoms. The molecule has 0 saturated heterocycles. The lowest BCUT2D eigenvalue weighted by Gasteiger charge is -2.01. The standard InChI is InChI=1S/C8H9N3O/c1-6(12)7-5-10-8-9-3-2-4-11(7)8/h2-6,12H,1H3/t6-/m1/s1. The smallest absolute Gasteiger partial charge is 0.233 e. The van der Waals surface area contributed by atoms with Crippen LogP contribution in [0, 0.1) is 0 Å². The van der Waals surface area contributed by atoms with Gasteiger partial charge in [-0.1, -0.05) is 0 Å². The maximum Gasteiger partial charge on any atom is 0.233 e. The molecule has 2 aromatic heterocycles. The van der Waals surface area contributed by atoms with Gasteiger partial charge in [0.05, 0.1) is 18.0 Å². The van der Waals surface area contributed by atoms with Crippen molar-refractivity contribution in [1.82, 2.24) is 14.4 Å². The van der Waals surface area contributed by atoms with E-state index in [-0.39, 0.29) is 0 Å². The van der Waals surface area contributed by atoms with Gasteiger partial charge in [-0.25, -0.2) is 9.97 Å². The summed E-state index contributed by atoms with van der Waals surface area (Å²) < 4.78 is 1.77. The van der Waals surface area contributed by atoms with E-state index in [1.54, 1.807) is 29.8 Å². The summed E-state index contributed by atoms with van der Waals surface area (Å²) in [6.07, 6.45) is 4.63. The van der Waals surface area contributed by atoms with Crippen LogP contribution in [0.25, 0.3) is 5.78 Å². The molecular weight excluding hydrogens is 154 g/mol. The van der Waals surface area contributed by atoms with Gasteiger partial charge in [0.25, 0.3) is 0 Å². The number of aliphatic hydroxyl groups excluding tert-OH is 1. The highest BCUT2D eigenvalue weighted by Crippen LogP contribution is 2.11. The Labute approximate surface area is 69.5 Å². The molecule has 0 spiro atoms. The predicted molar refractivity (Wildman–Crippen MR) is 43.6 cm³/mol. The second-order valence-electron chi connectivity index (χ2n) is 2.65. The summed E-state index contributed by atoms with van der Waals surface area (Å²) in [6.45, 7) is 1.70. The lowest BCUT2D eigenvalue weighted by Crippen LogP contribution is -1.97. The van der Waals surface area contributed by atoms with Crippen LogP contribution < -0.4 is 0 Å². The molecule has 12 heavy (non-hydrogen) atoms. The molecule has 4 heteroatoms. The van der Waals surface area contributed by atoms with Crippen molar-refractivity contribution in [3.05, 3.63) is 30.4 Å². The summed E-state index contributed by atoms with van der Waals surface area (Å²) >= 11 is 0. The van der Waals surface area contributed by atoms with Crippen molar-refractivity contribution in [3.63, 3.8) is 0 Å². The Kier molecular flexibility index (Phi) is 1.55. The van der Waals surface area contributed by atoms with Crippen molar-refractivity contribution in [2.24, 2.45) is 0 Å². The molecule has 62 valence electrons. The van der Waals surface area contributed by atoms with Crippen LogP contribution in [0.2, 0.25) is 0 Å². The molecule has 1 N–H and O–H groups in total. The average molecular weight is 163 g/mol. The van der Waals surface area contributed by atoms with E-state index in [9.17, 15) is 5.11 Å². The van der Waals surface area contributed by atoms with E-state index in [1.807, 2.05) is 6.20 Å². The molecule has 0 aliphatic heterocycles. The summed E-state index contributed by atoms with van der Waals surface area (Å²) in [5, 5.41) is 9.32. The fourth-order valence-electron chi connectivity index (χ4n) is 1.16. The van der Waals surface area contributed by atoms with Crippen LogP contribution in [0.3, 0.4) is 0 Å². The second-order valence-corrected chi connectivity index (χ2v) is 2.65. The highest BCUT2D eigenvalue weighted by molar-refractivity contribution is 5.30. The van der Waals surface area contributed by atoms with E-state index in [0.29, 0.717) is 5.78 Å². The van der Waals surface area contributed by atoms with Crippen molar-refractivity contribution in [2.45, 2.75) is 13.0 Å². The highest BCUT2D eigenvalue weighted by atomic mass is 16.3. The number of hydrogen-bond acceptors (Lipinski definition) is 3. The van der Waals surface area contributed by atoms with E-state index in [4.69, 9.17) is 0 Å². The normalized spacial score (nSPS) is 13.5. The third-order valence-corrected chi connectivity index (χ3v) is 1.75. The van der Waals surface area contributed by atoms with Gasteiger partial charge in [-0.2, -0.15) is 0 Å². The second kappa shape index (κ2) is 2.57. The minimum absolute atomic E-state index is 0.510. The monoisotopic (exact) mass is 163 g/mol. The van der Waals surface area contributed by atoms with E-state index in [0.717, 1.165) is 5.69 Å². The highest BCUT2D eigenvalue weighted by Gasteiger charge is 2.07. The third-order valence-electron chi connectivity index (χ3n) is 1.75. The lowest BCUT2D eigenvalue weighted by atomic mass is 10.3. The number of fused-ring (bicyclic) bond motifs is 1. The average Bonchev–Trinajstić information content (AvgIpc) is 2.47. The summed E-state index contributed by atoms with van der Waals surface area (Å²) in [7, 11) is 0. The van der Waals surface area contributed by atoms with Crippen LogP contribution in [-0.2, 0) is 0 Å². The Hall–Kier alpha value is -1.42. The summed E-state index contributed by atoms with van der Waals surface area (Å²) in [6, 6.07) is 1.81. The lowest BCUT2D eigenvalue weighted by molar-refractivity contribution is 0.193. The number of imidazole rings is 1. The number of aliphatic hydroxyl groups is 1. The quantitative estimate of drug-likeness (QED) is 0.676. The Morgan fingerprint density at radius 2 is 2.33 bits per heavy atom. The number of rotatable bonds is 1. The minimum atomic E-state index is -0.510. The van der Waals surface area contributed by atoms with Gasteiger partial charge in [-0.3, -0.25) is 4.40 Å². The summed E-state index contributed by atoms with van der Waals surface area (Å²) in [4.78, 5) is 8.06. The van der Waals surface area contributed by atoms with Gasteiger partial charge in [0.15, 0.2) is 0 Å². The number of hydrogen-bond donors (Lipinski definition) is 1. The molecule has 2 aromatic rings. The first-order valence-electron chi connectivity index (χ1n) is 3.75. The number of nitrogens with zero attached hydrogens (tertiary/aromatic N) is 3. The molecule has 2 heterocycles. The van der Waals surface area contributed by atoms with Gasteiger partial charge in [0, 0.05) is 12.4 Å². The van der Waals surface area contributed by atoms with E-state index < -0.39 is 6.10 Å². The Morgan fingerprint density at radius 3 is 3.08 bits per heavy atom. The van der Waals surface area contributed by atoms with E-state index in [1.165, 1.54) is 0 Å². The van der Waals surface area contributed by atoms with Crippen molar-refractivity contribution >= 4 is 5.78 Å². The number of aromatic nitrogens is 3. The van der Waals surface area contributed by atoms with Gasteiger partial charge in [-0.15, -0.1) is 0 Å². The summed E-state index contributed by atoms with van der Waals surface area (Å²) in [5.74, 6) is 0.619. The van der Waals surface area contributed by atoms with Crippen molar-refractivity contribution in [2.75, 3.05) is 0 Å². The Bertz CT molecular complexity index is 394. The third kappa shape index (κ3) is 0.967. The zero-order valence-electron chi connectivity index (χ0n) is 6.68. The Balaban J connectivity index is 2.70. The molecule has 0 aliphatic carbocycles. The van der Waals surface area contributed by atoms with Crippen LogP contribution in [0.5, 0.6) is 0 Å². The zero-order chi connectivity index (χ0) is 8.55. The first kappa shape index (κ1) is 7.24. The minimum Gasteiger partial charge on any atom is -0.387 e. The van der Waals surface area contributed by atoms with Crippen molar-refractivity contribution in [1.29, 1.82) is 0 Å². The van der Waals surface area contributed by atoms with Crippen molar-refractivity contribution in [3.8, 4) is 0 Å². The molecule has 0 aromatic carbocycles. The van der Waals surface area contributed by atoms with Gasteiger partial charge < -0.3 is 5.11 Å². The molecule has 2 rings (SSSR count). The van der Waals surface area contributed by atoms with Crippen LogP contribution in [0.15, 0.2) is 24.7 Å². The molecule has 1 atom stereocenters. The molecular formula is C8H9N3O. The van der Waals surface area contributed by atoms with Crippen LogP contribution in [0.4, 0.5) is 0 Å². The molecule has 0 amide bonds. The molecule has 0 aliphatic rings. The van der Waals surface area contributed by atoms with Gasteiger partial charge in [0.2, 0.25) is 5.78 Å². The fraction of sp³-hybridized carbons (Fsp3) is 0.250. The maximum absolute atomic E-state index is 9.32. The Morgan fingerprint density at radius 1 is 1.50 bits per heavy atom. The first-order valence-corrected chi connectivity index (χ1v) is 3.75. The first-order chi connectivity index (χ1) is 5.79. The van der Waals surface area contributed by atoms with Gasteiger partial charge in [0.1, 0.15) is 0 Å². The van der Waals surface area contributed by atoms with Crippen molar-refractivity contribution < 1.29 is 5.11 Å². The fourth-order valence-corrected chi connectivity index (χ4v) is 1.16. The van der Waals surface area contributed by atoms with Gasteiger partial charge >= 0.3 is 0 Å². The molecule has 4 nitrogen and oxygen atoms in total. The van der Waals surface area contributed by atoms with E-state index >= 15 is 0 Å². The molecule has 0 unspecified atom stereocenters. The van der Waals surface area contributed by atoms with Crippen LogP contribution in [0.1, 0.15) is 18.7 Å². The predicted octanol–water partition coefficient (Wildman–Crippen LogP) is 0.783. The molecule has 0 saturated carbocycles. The molecule has 0 fully saturated rings. The topological polar surface area (TPSA) is 50.4 Å². The van der Waals surface area contributed by atoms with Crippen LogP contribution in [-0.4, -0.2) is 19.5 Å². The SMILES string of the molecule is C[C@@H](O)c1cnc2ncccn12. The largest absolute Gasteiger partial charge is 0.387 e.